The number of sulfonamides is 1. The molecule has 0 aliphatic heterocycles. The van der Waals surface area contributed by atoms with Gasteiger partial charge in [0.1, 0.15) is 18.5 Å². The van der Waals surface area contributed by atoms with Crippen LogP contribution in [0.1, 0.15) is 50.3 Å². The fourth-order valence-electron chi connectivity index (χ4n) is 3.80. The average molecular weight is 644 g/mol. The van der Waals surface area contributed by atoms with Crippen LogP contribution >= 0.6 is 0 Å². The zero-order valence-corrected chi connectivity index (χ0v) is 25.2. The number of ether oxygens (including phenoxy) is 1. The van der Waals surface area contributed by atoms with Gasteiger partial charge in [-0.15, -0.1) is 15.0 Å². The number of hydrogen-bond acceptors (Lipinski definition) is 14. The molecule has 2 N–H and O–H groups in total. The van der Waals surface area contributed by atoms with Crippen LogP contribution in [0, 0.1) is 20.8 Å². The minimum Gasteiger partial charge on any atom is -0.466 e. The maximum absolute atomic E-state index is 13.7. The van der Waals surface area contributed by atoms with Crippen LogP contribution in [0.4, 0.5) is 10.3 Å². The van der Waals surface area contributed by atoms with E-state index in [4.69, 9.17) is 4.74 Å². The van der Waals surface area contributed by atoms with Gasteiger partial charge in [-0.3, -0.25) is 4.79 Å². The first-order valence-corrected chi connectivity index (χ1v) is 15.0. The van der Waals surface area contributed by atoms with E-state index in [9.17, 15) is 42.8 Å². The van der Waals surface area contributed by atoms with Crippen LogP contribution in [0.25, 0.3) is 17.3 Å². The Morgan fingerprint density at radius 2 is 1.89 bits per heavy atom. The molecule has 1 aromatic carbocycles. The van der Waals surface area contributed by atoms with E-state index in [1.807, 2.05) is 13.8 Å². The van der Waals surface area contributed by atoms with Crippen molar-refractivity contribution in [3.05, 3.63) is 62.4 Å². The van der Waals surface area contributed by atoms with Crippen LogP contribution in [-0.4, -0.2) is 84.5 Å². The van der Waals surface area contributed by atoms with Crippen molar-refractivity contribution in [2.45, 2.75) is 57.3 Å². The molecule has 242 valence electrons. The molecule has 2 rings (SSSR count). The lowest BCUT2D eigenvalue weighted by molar-refractivity contribution is -0.769. The third-order valence-corrected chi connectivity index (χ3v) is 7.22. The van der Waals surface area contributed by atoms with E-state index in [1.165, 1.54) is 43.5 Å². The molecule has 2 aromatic rings. The Hall–Kier alpha value is -4.29. The number of aromatic nitrogens is 2. The van der Waals surface area contributed by atoms with E-state index in [2.05, 4.69) is 25.0 Å². The smallest absolute Gasteiger partial charge is 0.308 e. The van der Waals surface area contributed by atoms with Crippen LogP contribution in [-0.2, 0) is 29.2 Å². The molecule has 0 spiro atoms. The lowest BCUT2D eigenvalue weighted by Gasteiger charge is -2.20. The van der Waals surface area contributed by atoms with Crippen molar-refractivity contribution in [1.82, 2.24) is 9.97 Å². The van der Waals surface area contributed by atoms with Gasteiger partial charge in [0.15, 0.2) is 5.34 Å². The number of halogens is 1. The molecular weight excluding hydrogens is 609 g/mol. The number of hydrogen-bond donors (Lipinski definition) is 2. The van der Waals surface area contributed by atoms with Crippen LogP contribution in [0.3, 0.4) is 0 Å². The Morgan fingerprint density at radius 1 is 1.23 bits per heavy atom. The van der Waals surface area contributed by atoms with Crippen molar-refractivity contribution in [3.8, 4) is 11.3 Å². The predicted molar refractivity (Wildman–Crippen MR) is 154 cm³/mol. The summed E-state index contributed by atoms with van der Waals surface area (Å²) in [7, 11) is -2.42. The highest BCUT2D eigenvalue weighted by molar-refractivity contribution is 7.92. The van der Waals surface area contributed by atoms with Crippen molar-refractivity contribution in [3.63, 3.8) is 0 Å². The fraction of sp³-hybridized carbons (Fsp3) is 0.500. The molecule has 0 saturated heterocycles. The van der Waals surface area contributed by atoms with Crippen molar-refractivity contribution >= 4 is 28.0 Å². The summed E-state index contributed by atoms with van der Waals surface area (Å²) in [6, 6.07) is 5.37. The highest BCUT2D eigenvalue weighted by Gasteiger charge is 2.23. The molecule has 0 aliphatic carbocycles. The SMILES string of the molecule is CC(C)c1nc(N(C)S(C)(=O)=O)nc(-c2ccc(F)cc2)c1/C=C/C(O)C[C@@H](O)CC(=O)OCCC(CON=O)O[N+](=O)[O-]. The second-order valence-electron chi connectivity index (χ2n) is 9.91. The molecule has 0 bridgehead atoms. The van der Waals surface area contributed by atoms with Crippen molar-refractivity contribution in [2.24, 2.45) is 5.34 Å². The van der Waals surface area contributed by atoms with Crippen molar-refractivity contribution < 1.29 is 47.3 Å². The van der Waals surface area contributed by atoms with Crippen molar-refractivity contribution in [1.29, 1.82) is 0 Å². The van der Waals surface area contributed by atoms with Gasteiger partial charge in [-0.05, 0) is 30.2 Å². The summed E-state index contributed by atoms with van der Waals surface area (Å²) in [6.45, 7) is 2.76. The zero-order chi connectivity index (χ0) is 33.0. The van der Waals surface area contributed by atoms with Gasteiger partial charge in [0.05, 0.1) is 42.9 Å². The number of rotatable bonds is 18. The minimum absolute atomic E-state index is 0.105. The molecule has 0 amide bonds. The number of anilines is 1. The topological polar surface area (TPSA) is 221 Å². The van der Waals surface area contributed by atoms with Crippen LogP contribution in [0.15, 0.2) is 35.7 Å². The molecule has 0 saturated carbocycles. The Kier molecular flexibility index (Phi) is 13.5. The summed E-state index contributed by atoms with van der Waals surface area (Å²) in [6.07, 6.45) is -0.958. The zero-order valence-electron chi connectivity index (χ0n) is 24.4. The highest BCUT2D eigenvalue weighted by atomic mass is 32.2. The number of aliphatic hydroxyl groups is 2. The molecule has 0 fully saturated rings. The van der Waals surface area contributed by atoms with Gasteiger partial charge in [0, 0.05) is 31.0 Å². The Bertz CT molecular complexity index is 1420. The normalized spacial score (nSPS) is 13.7. The monoisotopic (exact) mass is 643 g/mol. The number of benzene rings is 1. The van der Waals surface area contributed by atoms with E-state index in [1.54, 1.807) is 0 Å². The summed E-state index contributed by atoms with van der Waals surface area (Å²) in [5.74, 6) is -1.69. The summed E-state index contributed by atoms with van der Waals surface area (Å²) >= 11 is 0. The molecule has 0 radical (unpaired) electrons. The molecule has 16 nitrogen and oxygen atoms in total. The van der Waals surface area contributed by atoms with E-state index in [0.717, 1.165) is 10.6 Å². The van der Waals surface area contributed by atoms with Crippen molar-refractivity contribution in [2.75, 3.05) is 30.8 Å². The standard InChI is InChI=1S/C26H34FN5O11S/c1-16(2)24-22(25(17-5-7-18(27)8-6-17)29-26(28-24)31(3)44(4,39)40)10-9-19(33)13-20(34)14-23(35)41-12-11-21(15-42-30-36)43-32(37)38/h5-10,16,19-21,33-34H,11-15H2,1-4H3/b10-9+/t19?,20-,21?/m1/s1. The first-order chi connectivity index (χ1) is 20.6. The predicted octanol–water partition coefficient (Wildman–Crippen LogP) is 2.53. The molecule has 18 heteroatoms. The maximum atomic E-state index is 13.7. The first kappa shape index (κ1) is 35.9. The highest BCUT2D eigenvalue weighted by Crippen LogP contribution is 2.31. The minimum atomic E-state index is -3.71. The quantitative estimate of drug-likeness (QED) is 0.103. The number of carbonyl (C=O) groups is 1. The van der Waals surface area contributed by atoms with E-state index in [-0.39, 0.29) is 37.0 Å². The van der Waals surface area contributed by atoms with Crippen LogP contribution in [0.5, 0.6) is 0 Å². The van der Waals surface area contributed by atoms with Gasteiger partial charge < -0.3 is 24.6 Å². The van der Waals surface area contributed by atoms with Gasteiger partial charge in [0.2, 0.25) is 16.0 Å². The molecule has 1 aromatic heterocycles. The molecular formula is C26H34FN5O11S. The van der Waals surface area contributed by atoms with Gasteiger partial charge in [0.25, 0.3) is 5.09 Å². The summed E-state index contributed by atoms with van der Waals surface area (Å²) in [5, 5.41) is 32.4. The Morgan fingerprint density at radius 3 is 2.45 bits per heavy atom. The Labute approximate surface area is 252 Å². The molecule has 2 unspecified atom stereocenters. The van der Waals surface area contributed by atoms with Gasteiger partial charge in [-0.25, -0.2) is 27.1 Å². The van der Waals surface area contributed by atoms with E-state index in [0.29, 0.717) is 16.8 Å². The fourth-order valence-corrected chi connectivity index (χ4v) is 4.18. The number of esters is 1. The van der Waals surface area contributed by atoms with Crippen LogP contribution < -0.4 is 4.31 Å². The van der Waals surface area contributed by atoms with Gasteiger partial charge >= 0.3 is 5.97 Å². The number of nitrogens with zero attached hydrogens (tertiary/aromatic N) is 5. The van der Waals surface area contributed by atoms with E-state index >= 15 is 0 Å². The third-order valence-electron chi connectivity index (χ3n) is 6.06. The lowest BCUT2D eigenvalue weighted by Crippen LogP contribution is -2.27. The lowest BCUT2D eigenvalue weighted by atomic mass is 9.97. The molecule has 0 aliphatic rings. The maximum Gasteiger partial charge on any atom is 0.308 e. The largest absolute Gasteiger partial charge is 0.466 e. The van der Waals surface area contributed by atoms with Gasteiger partial charge in [-0.1, -0.05) is 26.0 Å². The van der Waals surface area contributed by atoms with Crippen LogP contribution in [0.2, 0.25) is 0 Å². The number of aliphatic hydroxyl groups excluding tert-OH is 2. The Balaban J connectivity index is 2.19. The molecule has 44 heavy (non-hydrogen) atoms. The summed E-state index contributed by atoms with van der Waals surface area (Å²) in [5.41, 5.74) is 1.59. The number of carbonyl (C=O) groups excluding carboxylic acids is 1. The summed E-state index contributed by atoms with van der Waals surface area (Å²) < 4.78 is 43.9. The first-order valence-electron chi connectivity index (χ1n) is 13.2. The van der Waals surface area contributed by atoms with E-state index < -0.39 is 58.2 Å². The molecule has 3 atom stereocenters. The average Bonchev–Trinajstić information content (AvgIpc) is 2.93. The van der Waals surface area contributed by atoms with Gasteiger partial charge in [-0.2, -0.15) is 0 Å². The molecule has 1 heterocycles. The second kappa shape index (κ2) is 16.5. The second-order valence-corrected chi connectivity index (χ2v) is 11.9. The third kappa shape index (κ3) is 11.4. The summed E-state index contributed by atoms with van der Waals surface area (Å²) in [4.78, 5) is 50.0.